The van der Waals surface area contributed by atoms with Crippen molar-refractivity contribution in [2.24, 2.45) is 0 Å². The molecule has 1 atom stereocenters. The summed E-state index contributed by atoms with van der Waals surface area (Å²) in [6, 6.07) is 6.76. The summed E-state index contributed by atoms with van der Waals surface area (Å²) in [5, 5.41) is 12.5. The molecule has 2 aromatic heterocycles. The highest BCUT2D eigenvalue weighted by atomic mass is 35.5. The van der Waals surface area contributed by atoms with Crippen LogP contribution in [-0.4, -0.2) is 80.1 Å². The Labute approximate surface area is 232 Å². The second-order valence-electron chi connectivity index (χ2n) is 9.59. The molecule has 0 radical (unpaired) electrons. The summed E-state index contributed by atoms with van der Waals surface area (Å²) in [5.41, 5.74) is 4.18. The number of nitrogens with zero attached hydrogens (tertiary/aromatic N) is 6. The molecular weight excluding hydrogens is 522 g/mol. The van der Waals surface area contributed by atoms with E-state index in [-0.39, 0.29) is 17.9 Å². The Morgan fingerprint density at radius 1 is 1.05 bits per heavy atom. The lowest BCUT2D eigenvalue weighted by molar-refractivity contribution is -0.136. The van der Waals surface area contributed by atoms with Crippen molar-refractivity contribution in [3.05, 3.63) is 63.7 Å². The number of carbonyl (C=O) groups excluding carboxylic acids is 3. The number of nitrogens with one attached hydrogen (secondary N) is 1. The standard InChI is InChI=1S/C27H34ClN7O4/c1-6-39-27(38)33-12-10-32(11-13-33)26(37)20(5)35-16-23(17(2)30-35)29-25(36)22-9-7-8-21(14-22)15-34-19(4)24(28)18(3)31-34/h7-9,14,16,20H,6,10-13,15H2,1-5H3,(H,29,36). The SMILES string of the molecule is CCOC(=O)N1CCN(C(=O)C(C)n2cc(NC(=O)c3cccc(Cn4nc(C)c(Cl)c4C)c3)c(C)n2)CC1. The van der Waals surface area contributed by atoms with Crippen LogP contribution in [-0.2, 0) is 16.1 Å². The van der Waals surface area contributed by atoms with Crippen LogP contribution in [0.4, 0.5) is 10.5 Å². The van der Waals surface area contributed by atoms with Crippen LogP contribution in [0.25, 0.3) is 0 Å². The van der Waals surface area contributed by atoms with Gasteiger partial charge in [-0.15, -0.1) is 0 Å². The Morgan fingerprint density at radius 3 is 2.38 bits per heavy atom. The van der Waals surface area contributed by atoms with Gasteiger partial charge in [-0.05, 0) is 52.3 Å². The molecule has 1 N–H and O–H groups in total. The molecule has 12 heteroatoms. The van der Waals surface area contributed by atoms with Crippen molar-refractivity contribution in [1.29, 1.82) is 0 Å². The summed E-state index contributed by atoms with van der Waals surface area (Å²) < 4.78 is 8.42. The van der Waals surface area contributed by atoms with Crippen molar-refractivity contribution in [2.75, 3.05) is 38.1 Å². The average Bonchev–Trinajstić information content (AvgIpc) is 3.41. The van der Waals surface area contributed by atoms with E-state index in [2.05, 4.69) is 15.5 Å². The van der Waals surface area contributed by atoms with Crippen LogP contribution in [0.2, 0.25) is 5.02 Å². The first-order valence-electron chi connectivity index (χ1n) is 12.9. The minimum atomic E-state index is -0.570. The summed E-state index contributed by atoms with van der Waals surface area (Å²) in [5.74, 6) is -0.379. The predicted molar refractivity (Wildman–Crippen MR) is 147 cm³/mol. The monoisotopic (exact) mass is 555 g/mol. The van der Waals surface area contributed by atoms with Crippen LogP contribution >= 0.6 is 11.6 Å². The van der Waals surface area contributed by atoms with Crippen molar-refractivity contribution >= 4 is 35.2 Å². The van der Waals surface area contributed by atoms with Crippen LogP contribution in [0.15, 0.2) is 30.5 Å². The molecule has 1 aliphatic rings. The van der Waals surface area contributed by atoms with E-state index >= 15 is 0 Å². The first-order valence-corrected chi connectivity index (χ1v) is 13.3. The Hall–Kier alpha value is -3.86. The van der Waals surface area contributed by atoms with Gasteiger partial charge in [0.1, 0.15) is 6.04 Å². The molecule has 1 unspecified atom stereocenters. The van der Waals surface area contributed by atoms with Crippen LogP contribution in [0.1, 0.15) is 52.9 Å². The number of ether oxygens (including phenoxy) is 1. The normalized spacial score (nSPS) is 14.3. The van der Waals surface area contributed by atoms with E-state index < -0.39 is 6.04 Å². The van der Waals surface area contributed by atoms with Gasteiger partial charge in [-0.3, -0.25) is 19.0 Å². The van der Waals surface area contributed by atoms with E-state index in [1.54, 1.807) is 47.5 Å². The van der Waals surface area contributed by atoms with Gasteiger partial charge in [0.2, 0.25) is 5.91 Å². The molecule has 3 aromatic rings. The van der Waals surface area contributed by atoms with Gasteiger partial charge >= 0.3 is 6.09 Å². The lowest BCUT2D eigenvalue weighted by Crippen LogP contribution is -2.52. The Kier molecular flexibility index (Phi) is 8.59. The Bertz CT molecular complexity index is 1370. The van der Waals surface area contributed by atoms with E-state index in [1.807, 2.05) is 36.7 Å². The number of piperazine rings is 1. The molecule has 4 rings (SSSR count). The highest BCUT2D eigenvalue weighted by Crippen LogP contribution is 2.22. The highest BCUT2D eigenvalue weighted by Gasteiger charge is 2.29. The third-order valence-corrected chi connectivity index (χ3v) is 7.40. The summed E-state index contributed by atoms with van der Waals surface area (Å²) in [4.78, 5) is 41.5. The number of halogens is 1. The number of hydrogen-bond acceptors (Lipinski definition) is 6. The third kappa shape index (κ3) is 6.25. The topological polar surface area (TPSA) is 115 Å². The van der Waals surface area contributed by atoms with Crippen molar-refractivity contribution in [2.45, 2.75) is 47.2 Å². The van der Waals surface area contributed by atoms with E-state index in [0.717, 1.165) is 17.0 Å². The zero-order chi connectivity index (χ0) is 28.3. The number of aromatic nitrogens is 4. The zero-order valence-electron chi connectivity index (χ0n) is 22.9. The van der Waals surface area contributed by atoms with E-state index in [4.69, 9.17) is 16.3 Å². The molecule has 3 amide bonds. The molecule has 0 saturated carbocycles. The number of aryl methyl sites for hydroxylation is 2. The number of carbonyl (C=O) groups is 3. The molecule has 1 fully saturated rings. The fourth-order valence-electron chi connectivity index (χ4n) is 4.51. The van der Waals surface area contributed by atoms with Crippen molar-refractivity contribution in [3.63, 3.8) is 0 Å². The lowest BCUT2D eigenvalue weighted by Gasteiger charge is -2.35. The smallest absolute Gasteiger partial charge is 0.409 e. The number of rotatable bonds is 7. The van der Waals surface area contributed by atoms with Gasteiger partial charge in [-0.1, -0.05) is 23.7 Å². The molecule has 0 bridgehead atoms. The maximum atomic E-state index is 13.1. The van der Waals surface area contributed by atoms with Crippen LogP contribution in [0.3, 0.4) is 0 Å². The minimum absolute atomic E-state index is 0.101. The number of hydrogen-bond donors (Lipinski definition) is 1. The largest absolute Gasteiger partial charge is 0.450 e. The second-order valence-corrected chi connectivity index (χ2v) is 9.97. The molecule has 1 saturated heterocycles. The van der Waals surface area contributed by atoms with Crippen molar-refractivity contribution < 1.29 is 19.1 Å². The maximum Gasteiger partial charge on any atom is 0.409 e. The van der Waals surface area contributed by atoms with Gasteiger partial charge < -0.3 is 19.9 Å². The average molecular weight is 556 g/mol. The van der Waals surface area contributed by atoms with Crippen LogP contribution in [0.5, 0.6) is 0 Å². The Morgan fingerprint density at radius 2 is 1.74 bits per heavy atom. The molecule has 208 valence electrons. The molecule has 39 heavy (non-hydrogen) atoms. The quantitative estimate of drug-likeness (QED) is 0.474. The number of benzene rings is 1. The summed E-state index contributed by atoms with van der Waals surface area (Å²) >= 11 is 6.27. The molecule has 11 nitrogen and oxygen atoms in total. The van der Waals surface area contributed by atoms with Gasteiger partial charge in [-0.25, -0.2) is 4.79 Å². The summed E-state index contributed by atoms with van der Waals surface area (Å²) in [6.45, 7) is 11.6. The van der Waals surface area contributed by atoms with Crippen LogP contribution in [0, 0.1) is 20.8 Å². The van der Waals surface area contributed by atoms with Gasteiger partial charge in [0.25, 0.3) is 5.91 Å². The molecule has 0 aliphatic carbocycles. The fraction of sp³-hybridized carbons (Fsp3) is 0.444. The van der Waals surface area contributed by atoms with Gasteiger partial charge in [-0.2, -0.15) is 10.2 Å². The first kappa shape index (κ1) is 28.2. The lowest BCUT2D eigenvalue weighted by atomic mass is 10.1. The summed E-state index contributed by atoms with van der Waals surface area (Å²) in [7, 11) is 0. The Balaban J connectivity index is 1.39. The summed E-state index contributed by atoms with van der Waals surface area (Å²) in [6.07, 6.45) is 1.31. The van der Waals surface area contributed by atoms with Gasteiger partial charge in [0.05, 0.1) is 40.9 Å². The second kappa shape index (κ2) is 11.9. The van der Waals surface area contributed by atoms with Crippen LogP contribution < -0.4 is 5.32 Å². The maximum absolute atomic E-state index is 13.1. The van der Waals surface area contributed by atoms with Gasteiger partial charge in [0, 0.05) is 37.9 Å². The van der Waals surface area contributed by atoms with E-state index in [0.29, 0.717) is 61.3 Å². The zero-order valence-corrected chi connectivity index (χ0v) is 23.7. The third-order valence-electron chi connectivity index (χ3n) is 6.85. The fourth-order valence-corrected chi connectivity index (χ4v) is 4.65. The molecule has 1 aromatic carbocycles. The van der Waals surface area contributed by atoms with E-state index in [9.17, 15) is 14.4 Å². The minimum Gasteiger partial charge on any atom is -0.450 e. The molecular formula is C27H34ClN7O4. The number of anilines is 1. The first-order chi connectivity index (χ1) is 18.6. The highest BCUT2D eigenvalue weighted by molar-refractivity contribution is 6.31. The molecule has 1 aliphatic heterocycles. The predicted octanol–water partition coefficient (Wildman–Crippen LogP) is 3.82. The number of amides is 3. The van der Waals surface area contributed by atoms with E-state index in [1.165, 1.54) is 0 Å². The van der Waals surface area contributed by atoms with Crippen molar-refractivity contribution in [3.8, 4) is 0 Å². The van der Waals surface area contributed by atoms with Gasteiger partial charge in [0.15, 0.2) is 0 Å². The molecule has 0 spiro atoms. The molecule has 3 heterocycles. The van der Waals surface area contributed by atoms with Crippen molar-refractivity contribution in [1.82, 2.24) is 29.4 Å².